The van der Waals surface area contributed by atoms with Crippen molar-refractivity contribution < 1.29 is 9.90 Å². The Bertz CT molecular complexity index is 350. The van der Waals surface area contributed by atoms with Gasteiger partial charge in [-0.3, -0.25) is 4.79 Å². The van der Waals surface area contributed by atoms with Crippen LogP contribution in [-0.4, -0.2) is 10.9 Å². The van der Waals surface area contributed by atoms with E-state index in [0.29, 0.717) is 5.56 Å². The van der Waals surface area contributed by atoms with Crippen LogP contribution >= 0.6 is 0 Å². The molecule has 1 aromatic rings. The van der Waals surface area contributed by atoms with Crippen LogP contribution in [0.1, 0.15) is 16.8 Å². The third-order valence-electron chi connectivity index (χ3n) is 1.75. The molecule has 0 radical (unpaired) electrons. The van der Waals surface area contributed by atoms with Crippen LogP contribution < -0.4 is 0 Å². The van der Waals surface area contributed by atoms with E-state index in [0.717, 1.165) is 0 Å². The summed E-state index contributed by atoms with van der Waals surface area (Å²) >= 11 is 0. The Kier molecular flexibility index (Phi) is 3.68. The van der Waals surface area contributed by atoms with Crippen LogP contribution in [-0.2, 0) is 0 Å². The summed E-state index contributed by atoms with van der Waals surface area (Å²) in [7, 11) is 0. The van der Waals surface area contributed by atoms with Crippen LogP contribution in [0.15, 0.2) is 54.8 Å². The number of ketones is 1. The number of aliphatic hydroxyl groups excluding tert-OH is 1. The van der Waals surface area contributed by atoms with Gasteiger partial charge in [0.2, 0.25) is 0 Å². The summed E-state index contributed by atoms with van der Waals surface area (Å²) in [6.07, 6.45) is 2.89. The lowest BCUT2D eigenvalue weighted by Crippen LogP contribution is -1.99. The number of carbonyl (C=O) groups is 1. The second-order valence-electron chi connectivity index (χ2n) is 2.86. The molecule has 0 atom stereocenters. The van der Waals surface area contributed by atoms with Crippen LogP contribution in [0.4, 0.5) is 0 Å². The molecule has 0 aliphatic carbocycles. The van der Waals surface area contributed by atoms with Crippen LogP contribution in [0.2, 0.25) is 0 Å². The van der Waals surface area contributed by atoms with Crippen molar-refractivity contribution in [1.29, 1.82) is 0 Å². The van der Waals surface area contributed by atoms with Crippen LogP contribution in [0.5, 0.6) is 0 Å². The Morgan fingerprint density at radius 1 is 1.36 bits per heavy atom. The number of hydrogen-bond acceptors (Lipinski definition) is 2. The molecule has 0 aliphatic heterocycles. The lowest BCUT2D eigenvalue weighted by Gasteiger charge is -1.99. The van der Waals surface area contributed by atoms with E-state index < -0.39 is 0 Å². The first-order valence-corrected chi connectivity index (χ1v) is 4.33. The number of carbonyl (C=O) groups excluding carboxylic acids is 1. The first-order valence-electron chi connectivity index (χ1n) is 4.33. The molecule has 0 aromatic heterocycles. The molecule has 0 saturated heterocycles. The first kappa shape index (κ1) is 10.3. The predicted molar refractivity (Wildman–Crippen MR) is 56.3 cm³/mol. The second-order valence-corrected chi connectivity index (χ2v) is 2.86. The number of hydrogen-bond donors (Lipinski definition) is 1. The Labute approximate surface area is 83.2 Å². The standard InChI is InChI=1S/C12H12O2/c1-2-6-11(13)9-12(14)10-7-4-3-5-8-10/h2-8,13H,1,9H2/b11-6-. The summed E-state index contributed by atoms with van der Waals surface area (Å²) in [4.78, 5) is 11.5. The number of Topliss-reactive ketones (excluding diaryl/α,β-unsaturated/α-hetero) is 1. The topological polar surface area (TPSA) is 37.3 Å². The Morgan fingerprint density at radius 3 is 2.57 bits per heavy atom. The van der Waals surface area contributed by atoms with E-state index in [9.17, 15) is 9.90 Å². The number of rotatable bonds is 4. The molecule has 1 rings (SSSR count). The highest BCUT2D eigenvalue weighted by atomic mass is 16.3. The minimum atomic E-state index is -0.0961. The summed E-state index contributed by atoms with van der Waals surface area (Å²) in [5.41, 5.74) is 0.608. The molecule has 1 aromatic carbocycles. The maximum absolute atomic E-state index is 11.5. The summed E-state index contributed by atoms with van der Waals surface area (Å²) < 4.78 is 0. The highest BCUT2D eigenvalue weighted by Gasteiger charge is 2.06. The van der Waals surface area contributed by atoms with Gasteiger partial charge in [-0.15, -0.1) is 0 Å². The van der Waals surface area contributed by atoms with Gasteiger partial charge >= 0.3 is 0 Å². The Hall–Kier alpha value is -1.83. The van der Waals surface area contributed by atoms with E-state index in [1.165, 1.54) is 12.2 Å². The monoisotopic (exact) mass is 188 g/mol. The van der Waals surface area contributed by atoms with E-state index in [2.05, 4.69) is 6.58 Å². The van der Waals surface area contributed by atoms with Crippen molar-refractivity contribution in [2.45, 2.75) is 6.42 Å². The molecule has 0 heterocycles. The average Bonchev–Trinajstić information content (AvgIpc) is 2.19. The minimum Gasteiger partial charge on any atom is -0.512 e. The zero-order chi connectivity index (χ0) is 10.4. The molecule has 14 heavy (non-hydrogen) atoms. The van der Waals surface area contributed by atoms with Crippen LogP contribution in [0.25, 0.3) is 0 Å². The predicted octanol–water partition coefficient (Wildman–Crippen LogP) is 2.89. The lowest BCUT2D eigenvalue weighted by molar-refractivity contribution is 0.0980. The normalized spacial score (nSPS) is 11.0. The smallest absolute Gasteiger partial charge is 0.170 e. The fraction of sp³-hybridized carbons (Fsp3) is 0.0833. The van der Waals surface area contributed by atoms with Gasteiger partial charge in [0.1, 0.15) is 0 Å². The van der Waals surface area contributed by atoms with Gasteiger partial charge < -0.3 is 5.11 Å². The molecule has 0 spiro atoms. The van der Waals surface area contributed by atoms with Crippen molar-refractivity contribution in [3.63, 3.8) is 0 Å². The molecule has 1 N–H and O–H groups in total. The maximum Gasteiger partial charge on any atom is 0.170 e. The van der Waals surface area contributed by atoms with Gasteiger partial charge in [0, 0.05) is 5.56 Å². The van der Waals surface area contributed by atoms with Gasteiger partial charge in [-0.05, 0) is 6.08 Å². The summed E-state index contributed by atoms with van der Waals surface area (Å²) in [6.45, 7) is 3.43. The molecule has 0 saturated carbocycles. The number of aliphatic hydroxyl groups is 1. The highest BCUT2D eigenvalue weighted by molar-refractivity contribution is 5.97. The van der Waals surface area contributed by atoms with E-state index in [4.69, 9.17) is 0 Å². The molecule has 0 amide bonds. The van der Waals surface area contributed by atoms with Crippen molar-refractivity contribution in [2.24, 2.45) is 0 Å². The van der Waals surface area contributed by atoms with Gasteiger partial charge in [-0.2, -0.15) is 0 Å². The zero-order valence-corrected chi connectivity index (χ0v) is 7.81. The van der Waals surface area contributed by atoms with Crippen molar-refractivity contribution >= 4 is 5.78 Å². The largest absolute Gasteiger partial charge is 0.512 e. The lowest BCUT2D eigenvalue weighted by atomic mass is 10.1. The molecule has 0 fully saturated rings. The van der Waals surface area contributed by atoms with E-state index in [1.54, 1.807) is 24.3 Å². The molecule has 0 aliphatic rings. The first-order chi connectivity index (χ1) is 6.74. The number of benzene rings is 1. The fourth-order valence-corrected chi connectivity index (χ4v) is 1.09. The van der Waals surface area contributed by atoms with Crippen molar-refractivity contribution in [3.05, 3.63) is 60.4 Å². The van der Waals surface area contributed by atoms with E-state index in [-0.39, 0.29) is 18.0 Å². The SMILES string of the molecule is C=C/C=C(\O)CC(=O)c1ccccc1. The van der Waals surface area contributed by atoms with E-state index >= 15 is 0 Å². The summed E-state index contributed by atoms with van der Waals surface area (Å²) in [5.74, 6) is -0.0601. The van der Waals surface area contributed by atoms with Crippen molar-refractivity contribution in [2.75, 3.05) is 0 Å². The van der Waals surface area contributed by atoms with Gasteiger partial charge in [0.05, 0.1) is 12.2 Å². The van der Waals surface area contributed by atoms with Crippen molar-refractivity contribution in [1.82, 2.24) is 0 Å². The quantitative estimate of drug-likeness (QED) is 0.448. The second kappa shape index (κ2) is 5.02. The molecule has 2 heteroatoms. The fourth-order valence-electron chi connectivity index (χ4n) is 1.09. The van der Waals surface area contributed by atoms with Gasteiger partial charge in [0.25, 0.3) is 0 Å². The zero-order valence-electron chi connectivity index (χ0n) is 7.81. The minimum absolute atomic E-state index is 0.0238. The highest BCUT2D eigenvalue weighted by Crippen LogP contribution is 2.07. The molecular weight excluding hydrogens is 176 g/mol. The molecular formula is C12H12O2. The number of allylic oxidation sites excluding steroid dienone is 3. The third-order valence-corrected chi connectivity index (χ3v) is 1.75. The molecule has 72 valence electrons. The van der Waals surface area contributed by atoms with Gasteiger partial charge in [-0.25, -0.2) is 0 Å². The van der Waals surface area contributed by atoms with Gasteiger partial charge in [0.15, 0.2) is 5.78 Å². The Balaban J connectivity index is 2.69. The third kappa shape index (κ3) is 2.90. The van der Waals surface area contributed by atoms with Crippen molar-refractivity contribution in [3.8, 4) is 0 Å². The maximum atomic E-state index is 11.5. The summed E-state index contributed by atoms with van der Waals surface area (Å²) in [5, 5.41) is 9.25. The molecule has 2 nitrogen and oxygen atoms in total. The summed E-state index contributed by atoms with van der Waals surface area (Å²) in [6, 6.07) is 8.88. The van der Waals surface area contributed by atoms with Crippen LogP contribution in [0.3, 0.4) is 0 Å². The molecule has 0 bridgehead atoms. The van der Waals surface area contributed by atoms with Gasteiger partial charge in [-0.1, -0.05) is 43.0 Å². The molecule has 0 unspecified atom stereocenters. The van der Waals surface area contributed by atoms with E-state index in [1.807, 2.05) is 6.07 Å². The average molecular weight is 188 g/mol. The van der Waals surface area contributed by atoms with Crippen LogP contribution in [0, 0.1) is 0 Å². The Morgan fingerprint density at radius 2 is 2.00 bits per heavy atom.